The molecular formula is C14H15N5O2S2. The molecule has 0 N–H and O–H groups in total. The number of nitrogens with zero attached hydrogens (tertiary/aromatic N) is 5. The SMILES string of the molecule is Cc1ccc(-c2csc(S(=O)(=O)C(C)c3nnnn3C)n2)cc1. The van der Waals surface area contributed by atoms with Crippen LogP contribution in [0.15, 0.2) is 34.0 Å². The molecule has 1 unspecified atom stereocenters. The van der Waals surface area contributed by atoms with Crippen molar-refractivity contribution in [3.05, 3.63) is 41.0 Å². The Morgan fingerprint density at radius 2 is 1.91 bits per heavy atom. The summed E-state index contributed by atoms with van der Waals surface area (Å²) < 4.78 is 26.9. The largest absolute Gasteiger partial charge is 0.231 e. The summed E-state index contributed by atoms with van der Waals surface area (Å²) >= 11 is 1.11. The van der Waals surface area contributed by atoms with Gasteiger partial charge >= 0.3 is 0 Å². The van der Waals surface area contributed by atoms with Crippen LogP contribution >= 0.6 is 11.3 Å². The zero-order valence-corrected chi connectivity index (χ0v) is 14.5. The molecule has 3 rings (SSSR count). The van der Waals surface area contributed by atoms with Crippen molar-refractivity contribution < 1.29 is 8.42 Å². The van der Waals surface area contributed by atoms with E-state index in [0.29, 0.717) is 5.69 Å². The Balaban J connectivity index is 1.96. The molecule has 1 aromatic carbocycles. The lowest BCUT2D eigenvalue weighted by Gasteiger charge is -2.08. The van der Waals surface area contributed by atoms with Crippen molar-refractivity contribution in [2.45, 2.75) is 23.4 Å². The summed E-state index contributed by atoms with van der Waals surface area (Å²) in [7, 11) is -2.02. The number of hydrogen-bond donors (Lipinski definition) is 0. The Kier molecular flexibility index (Phi) is 3.99. The minimum Gasteiger partial charge on any atom is -0.231 e. The van der Waals surface area contributed by atoms with E-state index in [-0.39, 0.29) is 10.2 Å². The van der Waals surface area contributed by atoms with Crippen LogP contribution in [0.4, 0.5) is 0 Å². The molecule has 0 amide bonds. The zero-order chi connectivity index (χ0) is 16.6. The van der Waals surface area contributed by atoms with E-state index in [1.54, 1.807) is 19.4 Å². The molecule has 9 heteroatoms. The first-order chi connectivity index (χ1) is 10.9. The van der Waals surface area contributed by atoms with Gasteiger partial charge in [0.25, 0.3) is 0 Å². The van der Waals surface area contributed by atoms with Gasteiger partial charge in [-0.1, -0.05) is 29.8 Å². The van der Waals surface area contributed by atoms with Gasteiger partial charge in [-0.3, -0.25) is 0 Å². The second kappa shape index (κ2) is 5.82. The summed E-state index contributed by atoms with van der Waals surface area (Å²) in [6.07, 6.45) is 0. The van der Waals surface area contributed by atoms with Gasteiger partial charge in [0, 0.05) is 18.0 Å². The van der Waals surface area contributed by atoms with Crippen LogP contribution in [0.25, 0.3) is 11.3 Å². The van der Waals surface area contributed by atoms with Gasteiger partial charge in [-0.25, -0.2) is 18.1 Å². The molecular weight excluding hydrogens is 334 g/mol. The summed E-state index contributed by atoms with van der Waals surface area (Å²) in [5.41, 5.74) is 2.68. The van der Waals surface area contributed by atoms with Gasteiger partial charge in [0.1, 0.15) is 5.25 Å². The number of aryl methyl sites for hydroxylation is 2. The summed E-state index contributed by atoms with van der Waals surface area (Å²) in [5, 5.41) is 11.8. The van der Waals surface area contributed by atoms with Gasteiger partial charge < -0.3 is 0 Å². The quantitative estimate of drug-likeness (QED) is 0.717. The molecule has 0 saturated heterocycles. The van der Waals surface area contributed by atoms with Crippen LogP contribution in [-0.2, 0) is 16.9 Å². The van der Waals surface area contributed by atoms with Crippen LogP contribution in [0, 0.1) is 6.92 Å². The average Bonchev–Trinajstić information content (AvgIpc) is 3.16. The average molecular weight is 349 g/mol. The smallest absolute Gasteiger partial charge is 0.215 e. The van der Waals surface area contributed by atoms with Crippen LogP contribution in [0.1, 0.15) is 23.6 Å². The maximum absolute atomic E-state index is 12.7. The molecule has 0 radical (unpaired) electrons. The summed E-state index contributed by atoms with van der Waals surface area (Å²) in [6, 6.07) is 7.79. The van der Waals surface area contributed by atoms with E-state index in [0.717, 1.165) is 22.5 Å². The van der Waals surface area contributed by atoms with E-state index < -0.39 is 15.1 Å². The molecule has 3 aromatic rings. The molecule has 7 nitrogen and oxygen atoms in total. The second-order valence-corrected chi connectivity index (χ2v) is 8.51. The predicted octanol–water partition coefficient (Wildman–Crippen LogP) is 2.18. The van der Waals surface area contributed by atoms with E-state index in [4.69, 9.17) is 0 Å². The van der Waals surface area contributed by atoms with E-state index in [1.165, 1.54) is 4.68 Å². The summed E-state index contributed by atoms with van der Waals surface area (Å²) in [4.78, 5) is 4.30. The van der Waals surface area contributed by atoms with Gasteiger partial charge in [0.2, 0.25) is 14.2 Å². The first-order valence-corrected chi connectivity index (χ1v) is 9.31. The highest BCUT2D eigenvalue weighted by Crippen LogP contribution is 2.31. The van der Waals surface area contributed by atoms with Crippen LogP contribution in [0.2, 0.25) is 0 Å². The first-order valence-electron chi connectivity index (χ1n) is 6.88. The lowest BCUT2D eigenvalue weighted by atomic mass is 10.1. The van der Waals surface area contributed by atoms with Gasteiger partial charge in [0.15, 0.2) is 5.82 Å². The van der Waals surface area contributed by atoms with Crippen molar-refractivity contribution in [3.63, 3.8) is 0 Å². The van der Waals surface area contributed by atoms with Gasteiger partial charge in [-0.2, -0.15) is 0 Å². The third-order valence-corrected chi connectivity index (χ3v) is 6.90. The molecule has 0 bridgehead atoms. The lowest BCUT2D eigenvalue weighted by molar-refractivity contribution is 0.576. The Morgan fingerprint density at radius 3 is 2.52 bits per heavy atom. The van der Waals surface area contributed by atoms with Crippen molar-refractivity contribution in [1.29, 1.82) is 0 Å². The fourth-order valence-corrected chi connectivity index (χ4v) is 4.79. The molecule has 1 atom stereocenters. The van der Waals surface area contributed by atoms with E-state index in [1.807, 2.05) is 31.2 Å². The van der Waals surface area contributed by atoms with Crippen molar-refractivity contribution in [2.24, 2.45) is 7.05 Å². The Hall–Kier alpha value is -2.13. The molecule has 0 spiro atoms. The topological polar surface area (TPSA) is 90.6 Å². The molecule has 0 fully saturated rings. The number of aromatic nitrogens is 5. The molecule has 2 heterocycles. The number of benzene rings is 1. The van der Waals surface area contributed by atoms with Crippen LogP contribution < -0.4 is 0 Å². The van der Waals surface area contributed by atoms with Gasteiger partial charge in [0.05, 0.1) is 5.69 Å². The molecule has 23 heavy (non-hydrogen) atoms. The number of thiazole rings is 1. The fourth-order valence-electron chi connectivity index (χ4n) is 2.12. The Morgan fingerprint density at radius 1 is 1.22 bits per heavy atom. The molecule has 0 aliphatic heterocycles. The second-order valence-electron chi connectivity index (χ2n) is 5.21. The monoisotopic (exact) mass is 349 g/mol. The molecule has 0 aliphatic rings. The molecule has 120 valence electrons. The maximum atomic E-state index is 12.7. The number of tetrazole rings is 1. The normalized spacial score (nSPS) is 13.2. The lowest BCUT2D eigenvalue weighted by Crippen LogP contribution is -2.15. The fraction of sp³-hybridized carbons (Fsp3) is 0.286. The number of hydrogen-bond acceptors (Lipinski definition) is 7. The van der Waals surface area contributed by atoms with Crippen LogP contribution in [-0.4, -0.2) is 33.6 Å². The van der Waals surface area contributed by atoms with Crippen LogP contribution in [0.5, 0.6) is 0 Å². The highest BCUT2D eigenvalue weighted by molar-refractivity contribution is 7.93. The standard InChI is InChI=1S/C14H15N5O2S2/c1-9-4-6-11(7-5-9)12-8-22-14(15-12)23(20,21)10(2)13-16-17-18-19(13)3/h4-8,10H,1-3H3. The van der Waals surface area contributed by atoms with E-state index >= 15 is 0 Å². The Bertz CT molecular complexity index is 928. The molecule has 0 aliphatic carbocycles. The van der Waals surface area contributed by atoms with Crippen molar-refractivity contribution >= 4 is 21.2 Å². The van der Waals surface area contributed by atoms with E-state index in [2.05, 4.69) is 20.5 Å². The third-order valence-electron chi connectivity index (χ3n) is 3.56. The summed E-state index contributed by atoms with van der Waals surface area (Å²) in [5.74, 6) is 0.289. The van der Waals surface area contributed by atoms with Crippen LogP contribution in [0.3, 0.4) is 0 Å². The molecule has 2 aromatic heterocycles. The van der Waals surface area contributed by atoms with Gasteiger partial charge in [-0.15, -0.1) is 16.4 Å². The summed E-state index contributed by atoms with van der Waals surface area (Å²) in [6.45, 7) is 3.56. The first kappa shape index (κ1) is 15.8. The highest BCUT2D eigenvalue weighted by Gasteiger charge is 2.31. The van der Waals surface area contributed by atoms with Crippen molar-refractivity contribution in [3.8, 4) is 11.3 Å². The van der Waals surface area contributed by atoms with Gasteiger partial charge in [-0.05, 0) is 24.3 Å². The number of rotatable bonds is 4. The third kappa shape index (κ3) is 2.89. The maximum Gasteiger partial charge on any atom is 0.215 e. The minimum absolute atomic E-state index is 0.0728. The Labute approximate surface area is 137 Å². The minimum atomic E-state index is -3.64. The predicted molar refractivity (Wildman–Crippen MR) is 86.7 cm³/mol. The van der Waals surface area contributed by atoms with E-state index in [9.17, 15) is 8.42 Å². The van der Waals surface area contributed by atoms with Crippen molar-refractivity contribution in [1.82, 2.24) is 25.2 Å². The highest BCUT2D eigenvalue weighted by atomic mass is 32.2. The number of sulfone groups is 1. The zero-order valence-electron chi connectivity index (χ0n) is 12.8. The van der Waals surface area contributed by atoms with Crippen molar-refractivity contribution in [2.75, 3.05) is 0 Å². The molecule has 0 saturated carbocycles.